The highest BCUT2D eigenvalue weighted by Crippen LogP contribution is 2.21. The Bertz CT molecular complexity index is 500. The molecule has 1 aromatic rings. The van der Waals surface area contributed by atoms with E-state index in [-0.39, 0.29) is 18.1 Å². The molecule has 0 amide bonds. The fourth-order valence-corrected chi connectivity index (χ4v) is 3.53. The SMILES string of the molecule is COCCS(=O)(=O)CC(=O)c1cc(C)sc1C. The van der Waals surface area contributed by atoms with Crippen LogP contribution in [-0.2, 0) is 14.6 Å². The maximum absolute atomic E-state index is 11.8. The van der Waals surface area contributed by atoms with Gasteiger partial charge < -0.3 is 4.74 Å². The van der Waals surface area contributed by atoms with E-state index in [0.717, 1.165) is 9.75 Å². The first kappa shape index (κ1) is 14.3. The van der Waals surface area contributed by atoms with Crippen molar-refractivity contribution in [3.8, 4) is 0 Å². The molecule has 96 valence electrons. The van der Waals surface area contributed by atoms with Crippen LogP contribution in [0.5, 0.6) is 0 Å². The first-order chi connectivity index (χ1) is 7.85. The largest absolute Gasteiger partial charge is 0.384 e. The summed E-state index contributed by atoms with van der Waals surface area (Å²) in [5.74, 6) is -0.881. The third-order valence-corrected chi connectivity index (χ3v) is 4.75. The van der Waals surface area contributed by atoms with Crippen LogP contribution < -0.4 is 0 Å². The monoisotopic (exact) mass is 276 g/mol. The van der Waals surface area contributed by atoms with Crippen molar-refractivity contribution in [1.82, 2.24) is 0 Å². The van der Waals surface area contributed by atoms with Gasteiger partial charge in [-0.2, -0.15) is 0 Å². The van der Waals surface area contributed by atoms with Crippen LogP contribution in [0.2, 0.25) is 0 Å². The maximum atomic E-state index is 11.8. The Labute approximate surface area is 106 Å². The second-order valence-corrected chi connectivity index (χ2v) is 7.48. The molecule has 0 aliphatic carbocycles. The summed E-state index contributed by atoms with van der Waals surface area (Å²) >= 11 is 1.50. The van der Waals surface area contributed by atoms with E-state index in [1.807, 2.05) is 13.8 Å². The Morgan fingerprint density at radius 3 is 2.53 bits per heavy atom. The Kier molecular flexibility index (Phi) is 4.85. The molecule has 1 heterocycles. The van der Waals surface area contributed by atoms with E-state index < -0.39 is 15.6 Å². The molecule has 0 aromatic carbocycles. The zero-order valence-corrected chi connectivity index (χ0v) is 11.8. The van der Waals surface area contributed by atoms with E-state index in [1.54, 1.807) is 6.07 Å². The summed E-state index contributed by atoms with van der Waals surface area (Å²) in [5.41, 5.74) is 0.522. The molecule has 0 radical (unpaired) electrons. The molecular weight excluding hydrogens is 260 g/mol. The molecular formula is C11H16O4S2. The lowest BCUT2D eigenvalue weighted by Crippen LogP contribution is -2.21. The van der Waals surface area contributed by atoms with Crippen LogP contribution in [0, 0.1) is 13.8 Å². The van der Waals surface area contributed by atoms with Gasteiger partial charge in [-0.25, -0.2) is 8.42 Å². The van der Waals surface area contributed by atoms with Crippen LogP contribution >= 0.6 is 11.3 Å². The summed E-state index contributed by atoms with van der Waals surface area (Å²) in [5, 5.41) is 0. The van der Waals surface area contributed by atoms with Gasteiger partial charge in [0.2, 0.25) is 0 Å². The van der Waals surface area contributed by atoms with Crippen molar-refractivity contribution in [3.63, 3.8) is 0 Å². The number of aryl methyl sites for hydroxylation is 2. The lowest BCUT2D eigenvalue weighted by molar-refractivity contribution is 0.102. The van der Waals surface area contributed by atoms with Gasteiger partial charge >= 0.3 is 0 Å². The molecule has 1 rings (SSSR count). The minimum absolute atomic E-state index is 0.114. The molecule has 0 unspecified atom stereocenters. The van der Waals surface area contributed by atoms with Crippen molar-refractivity contribution in [2.75, 3.05) is 25.2 Å². The summed E-state index contributed by atoms with van der Waals surface area (Å²) in [6.45, 7) is 3.85. The second-order valence-electron chi connectivity index (χ2n) is 3.83. The molecule has 0 aliphatic rings. The number of ether oxygens (including phenoxy) is 1. The van der Waals surface area contributed by atoms with Crippen LogP contribution in [-0.4, -0.2) is 39.4 Å². The average Bonchev–Trinajstić information content (AvgIpc) is 2.54. The minimum Gasteiger partial charge on any atom is -0.384 e. The van der Waals surface area contributed by atoms with Crippen LogP contribution in [0.4, 0.5) is 0 Å². The number of hydrogen-bond donors (Lipinski definition) is 0. The molecule has 0 saturated heterocycles. The minimum atomic E-state index is -3.37. The van der Waals surface area contributed by atoms with Gasteiger partial charge in [0.25, 0.3) is 0 Å². The van der Waals surface area contributed by atoms with E-state index >= 15 is 0 Å². The van der Waals surface area contributed by atoms with Gasteiger partial charge in [0.15, 0.2) is 15.6 Å². The number of thiophene rings is 1. The number of methoxy groups -OCH3 is 1. The summed E-state index contributed by atoms with van der Waals surface area (Å²) in [7, 11) is -1.93. The predicted octanol–water partition coefficient (Wildman–Crippen LogP) is 1.61. The standard InChI is InChI=1S/C11H16O4S2/c1-8-6-10(9(2)16-8)11(12)7-17(13,14)5-4-15-3/h6H,4-5,7H2,1-3H3. The maximum Gasteiger partial charge on any atom is 0.178 e. The van der Waals surface area contributed by atoms with Crippen molar-refractivity contribution in [1.29, 1.82) is 0 Å². The van der Waals surface area contributed by atoms with Gasteiger partial charge in [-0.15, -0.1) is 11.3 Å². The van der Waals surface area contributed by atoms with Crippen molar-refractivity contribution >= 4 is 27.0 Å². The third-order valence-electron chi connectivity index (χ3n) is 2.29. The highest BCUT2D eigenvalue weighted by Gasteiger charge is 2.20. The number of ketones is 1. The lowest BCUT2D eigenvalue weighted by Gasteiger charge is -2.02. The van der Waals surface area contributed by atoms with Gasteiger partial charge in [0.05, 0.1) is 12.4 Å². The van der Waals surface area contributed by atoms with E-state index in [9.17, 15) is 13.2 Å². The van der Waals surface area contributed by atoms with Gasteiger partial charge in [-0.3, -0.25) is 4.79 Å². The number of carbonyl (C=O) groups is 1. The lowest BCUT2D eigenvalue weighted by atomic mass is 10.2. The fraction of sp³-hybridized carbons (Fsp3) is 0.545. The number of Topliss-reactive ketones (excluding diaryl/α,β-unsaturated/α-hetero) is 1. The molecule has 0 saturated carbocycles. The van der Waals surface area contributed by atoms with Crippen molar-refractivity contribution in [3.05, 3.63) is 21.4 Å². The fourth-order valence-electron chi connectivity index (χ4n) is 1.47. The Hall–Kier alpha value is -0.720. The summed E-state index contributed by atoms with van der Waals surface area (Å²) in [4.78, 5) is 13.7. The van der Waals surface area contributed by atoms with E-state index in [2.05, 4.69) is 0 Å². The number of sulfone groups is 1. The van der Waals surface area contributed by atoms with Crippen LogP contribution in [0.1, 0.15) is 20.1 Å². The number of carbonyl (C=O) groups excluding carboxylic acids is 1. The Morgan fingerprint density at radius 1 is 1.41 bits per heavy atom. The quantitative estimate of drug-likeness (QED) is 0.741. The molecule has 6 heteroatoms. The molecule has 0 aliphatic heterocycles. The highest BCUT2D eigenvalue weighted by molar-refractivity contribution is 7.92. The van der Waals surface area contributed by atoms with E-state index in [4.69, 9.17) is 4.74 Å². The van der Waals surface area contributed by atoms with Gasteiger partial charge in [-0.1, -0.05) is 0 Å². The first-order valence-corrected chi connectivity index (χ1v) is 7.79. The predicted molar refractivity (Wildman–Crippen MR) is 68.7 cm³/mol. The van der Waals surface area contributed by atoms with Crippen LogP contribution in [0.15, 0.2) is 6.07 Å². The normalized spacial score (nSPS) is 11.7. The molecule has 0 bridgehead atoms. The van der Waals surface area contributed by atoms with Crippen LogP contribution in [0.3, 0.4) is 0 Å². The van der Waals surface area contributed by atoms with E-state index in [1.165, 1.54) is 18.4 Å². The van der Waals surface area contributed by atoms with Gasteiger partial charge in [0, 0.05) is 22.4 Å². The molecule has 0 spiro atoms. The van der Waals surface area contributed by atoms with E-state index in [0.29, 0.717) is 5.56 Å². The molecule has 4 nitrogen and oxygen atoms in total. The topological polar surface area (TPSA) is 60.4 Å². The van der Waals surface area contributed by atoms with Crippen LogP contribution in [0.25, 0.3) is 0 Å². The first-order valence-electron chi connectivity index (χ1n) is 5.15. The number of rotatable bonds is 6. The average molecular weight is 276 g/mol. The van der Waals surface area contributed by atoms with Crippen molar-refractivity contribution < 1.29 is 17.9 Å². The Balaban J connectivity index is 2.76. The smallest absolute Gasteiger partial charge is 0.178 e. The Morgan fingerprint density at radius 2 is 2.06 bits per heavy atom. The molecule has 0 atom stereocenters. The second kappa shape index (κ2) is 5.75. The zero-order chi connectivity index (χ0) is 13.1. The van der Waals surface area contributed by atoms with Crippen molar-refractivity contribution in [2.45, 2.75) is 13.8 Å². The summed E-state index contributed by atoms with van der Waals surface area (Å²) in [6, 6.07) is 1.74. The number of hydrogen-bond acceptors (Lipinski definition) is 5. The van der Waals surface area contributed by atoms with Gasteiger partial charge in [-0.05, 0) is 19.9 Å². The van der Waals surface area contributed by atoms with Crippen molar-refractivity contribution in [2.24, 2.45) is 0 Å². The molecule has 0 fully saturated rings. The molecule has 0 N–H and O–H groups in total. The highest BCUT2D eigenvalue weighted by atomic mass is 32.2. The third kappa shape index (κ3) is 4.22. The molecule has 17 heavy (non-hydrogen) atoms. The molecule has 1 aromatic heterocycles. The zero-order valence-electron chi connectivity index (χ0n) is 10.1. The van der Waals surface area contributed by atoms with Gasteiger partial charge in [0.1, 0.15) is 5.75 Å². The summed E-state index contributed by atoms with van der Waals surface area (Å²) in [6.07, 6.45) is 0. The summed E-state index contributed by atoms with van der Waals surface area (Å²) < 4.78 is 27.9.